The lowest BCUT2D eigenvalue weighted by molar-refractivity contribution is -0.133. The maximum absolute atomic E-state index is 14.2. The van der Waals surface area contributed by atoms with E-state index in [-0.39, 0.29) is 35.5 Å². The first kappa shape index (κ1) is 36.7. The zero-order valence-electron chi connectivity index (χ0n) is 28.1. The van der Waals surface area contributed by atoms with Gasteiger partial charge in [0.25, 0.3) is 0 Å². The number of aromatic nitrogens is 2. The van der Waals surface area contributed by atoms with E-state index in [0.29, 0.717) is 18.5 Å². The molecule has 2 heterocycles. The van der Waals surface area contributed by atoms with Crippen molar-refractivity contribution < 1.29 is 27.6 Å². The summed E-state index contributed by atoms with van der Waals surface area (Å²) in [5.41, 5.74) is 1.52. The Morgan fingerprint density at radius 2 is 1.50 bits per heavy atom. The van der Waals surface area contributed by atoms with Gasteiger partial charge in [-0.3, -0.25) is 23.9 Å². The van der Waals surface area contributed by atoms with Crippen molar-refractivity contribution in [2.45, 2.75) is 110 Å². The average Bonchev–Trinajstić information content (AvgIpc) is 3.29. The molecule has 254 valence electrons. The fourth-order valence-electron chi connectivity index (χ4n) is 5.57. The van der Waals surface area contributed by atoms with Crippen molar-refractivity contribution in [3.63, 3.8) is 0 Å². The SMILES string of the molecule is CC[C@H]1CN(S(=O)(=O)c2c(C)nn(C(C)C)c2C)CC(=O)N[C@H](C)C(=O)N[C@@H](CC(C)C)C(=O)N[C@@H](Cc2ccccc2)C(=O)N1. The van der Waals surface area contributed by atoms with Crippen LogP contribution in [0.3, 0.4) is 0 Å². The first-order chi connectivity index (χ1) is 21.5. The number of nitrogens with zero attached hydrogens (tertiary/aromatic N) is 3. The molecule has 1 aliphatic heterocycles. The predicted octanol–water partition coefficient (Wildman–Crippen LogP) is 1.74. The normalized spacial score (nSPS) is 22.9. The Balaban J connectivity index is 2.08. The Kier molecular flexibility index (Phi) is 12.5. The molecule has 1 aliphatic rings. The predicted molar refractivity (Wildman–Crippen MR) is 174 cm³/mol. The van der Waals surface area contributed by atoms with E-state index in [9.17, 15) is 27.6 Å². The summed E-state index contributed by atoms with van der Waals surface area (Å²) in [4.78, 5) is 53.9. The molecule has 3 rings (SSSR count). The highest BCUT2D eigenvalue weighted by molar-refractivity contribution is 7.89. The van der Waals surface area contributed by atoms with E-state index in [1.807, 2.05) is 58.0 Å². The monoisotopic (exact) mass is 659 g/mol. The first-order valence-corrected chi connectivity index (χ1v) is 17.3. The molecule has 1 aromatic heterocycles. The molecular weight excluding hydrogens is 610 g/mol. The van der Waals surface area contributed by atoms with Gasteiger partial charge >= 0.3 is 0 Å². The molecule has 0 unspecified atom stereocenters. The summed E-state index contributed by atoms with van der Waals surface area (Å²) < 4.78 is 31.1. The number of hydrogen-bond acceptors (Lipinski definition) is 7. The van der Waals surface area contributed by atoms with E-state index >= 15 is 0 Å². The second kappa shape index (κ2) is 15.7. The summed E-state index contributed by atoms with van der Waals surface area (Å²) >= 11 is 0. The molecular formula is C32H49N7O6S. The van der Waals surface area contributed by atoms with Gasteiger partial charge in [0, 0.05) is 25.0 Å². The minimum Gasteiger partial charge on any atom is -0.350 e. The van der Waals surface area contributed by atoms with Crippen molar-refractivity contribution in [1.29, 1.82) is 0 Å². The summed E-state index contributed by atoms with van der Waals surface area (Å²) in [5, 5.41) is 15.5. The van der Waals surface area contributed by atoms with Crippen LogP contribution in [-0.4, -0.2) is 83.4 Å². The Morgan fingerprint density at radius 3 is 2.07 bits per heavy atom. The number of hydrogen-bond donors (Lipinski definition) is 4. The Labute approximate surface area is 272 Å². The van der Waals surface area contributed by atoms with Crippen molar-refractivity contribution in [3.8, 4) is 0 Å². The smallest absolute Gasteiger partial charge is 0.247 e. The Bertz CT molecular complexity index is 1510. The molecule has 46 heavy (non-hydrogen) atoms. The van der Waals surface area contributed by atoms with Crippen molar-refractivity contribution in [2.75, 3.05) is 13.1 Å². The van der Waals surface area contributed by atoms with Crippen LogP contribution in [0.25, 0.3) is 0 Å². The number of nitrogens with one attached hydrogen (secondary N) is 4. The number of amides is 4. The van der Waals surface area contributed by atoms with Crippen LogP contribution in [-0.2, 0) is 35.6 Å². The molecule has 2 aromatic rings. The van der Waals surface area contributed by atoms with E-state index in [4.69, 9.17) is 0 Å². The van der Waals surface area contributed by atoms with E-state index in [1.165, 1.54) is 6.92 Å². The number of rotatable bonds is 8. The fourth-order valence-corrected chi connectivity index (χ4v) is 7.37. The van der Waals surface area contributed by atoms with E-state index in [2.05, 4.69) is 26.4 Å². The van der Waals surface area contributed by atoms with Crippen LogP contribution < -0.4 is 21.3 Å². The van der Waals surface area contributed by atoms with E-state index in [0.717, 1.165) is 9.87 Å². The molecule has 14 heteroatoms. The third-order valence-electron chi connectivity index (χ3n) is 7.96. The maximum Gasteiger partial charge on any atom is 0.247 e. The Morgan fingerprint density at radius 1 is 0.891 bits per heavy atom. The second-order valence-electron chi connectivity index (χ2n) is 12.7. The highest BCUT2D eigenvalue weighted by atomic mass is 32.2. The number of sulfonamides is 1. The van der Waals surface area contributed by atoms with Crippen LogP contribution in [0.15, 0.2) is 35.2 Å². The van der Waals surface area contributed by atoms with E-state index < -0.39 is 64.4 Å². The van der Waals surface area contributed by atoms with Crippen LogP contribution in [0, 0.1) is 19.8 Å². The molecule has 0 bridgehead atoms. The lowest BCUT2D eigenvalue weighted by atomic mass is 10.0. The van der Waals surface area contributed by atoms with Gasteiger partial charge in [-0.05, 0) is 58.9 Å². The molecule has 0 saturated carbocycles. The van der Waals surface area contributed by atoms with Crippen LogP contribution >= 0.6 is 0 Å². The molecule has 1 aromatic carbocycles. The minimum absolute atomic E-state index is 0.00960. The third-order valence-corrected chi connectivity index (χ3v) is 10.0. The van der Waals surface area contributed by atoms with E-state index in [1.54, 1.807) is 25.5 Å². The zero-order valence-corrected chi connectivity index (χ0v) is 28.9. The van der Waals surface area contributed by atoms with Gasteiger partial charge in [-0.1, -0.05) is 51.1 Å². The quantitative estimate of drug-likeness (QED) is 0.334. The van der Waals surface area contributed by atoms with Crippen molar-refractivity contribution >= 4 is 33.7 Å². The molecule has 4 atom stereocenters. The Hall–Kier alpha value is -3.78. The average molecular weight is 660 g/mol. The number of benzene rings is 1. The van der Waals surface area contributed by atoms with Gasteiger partial charge in [-0.15, -0.1) is 0 Å². The summed E-state index contributed by atoms with van der Waals surface area (Å²) in [6, 6.07) is 5.33. The molecule has 1 saturated heterocycles. The molecule has 1 fully saturated rings. The van der Waals surface area contributed by atoms with Crippen molar-refractivity contribution in [1.82, 2.24) is 35.4 Å². The zero-order chi connectivity index (χ0) is 34.3. The fraction of sp³-hybridized carbons (Fsp3) is 0.594. The molecule has 0 aliphatic carbocycles. The minimum atomic E-state index is -4.30. The molecule has 0 radical (unpaired) electrons. The van der Waals surface area contributed by atoms with Crippen LogP contribution in [0.5, 0.6) is 0 Å². The summed E-state index contributed by atoms with van der Waals surface area (Å²) in [6.07, 6.45) is 0.799. The lowest BCUT2D eigenvalue weighted by Gasteiger charge is -2.29. The van der Waals surface area contributed by atoms with Gasteiger partial charge in [0.2, 0.25) is 33.7 Å². The molecule has 4 N–H and O–H groups in total. The number of carbonyl (C=O) groups is 4. The van der Waals surface area contributed by atoms with Crippen molar-refractivity contribution in [2.24, 2.45) is 5.92 Å². The highest BCUT2D eigenvalue weighted by Gasteiger charge is 2.36. The van der Waals surface area contributed by atoms with Crippen LogP contribution in [0.1, 0.15) is 77.4 Å². The maximum atomic E-state index is 14.2. The summed E-state index contributed by atoms with van der Waals surface area (Å²) in [6.45, 7) is 13.3. The summed E-state index contributed by atoms with van der Waals surface area (Å²) in [7, 11) is -4.30. The van der Waals surface area contributed by atoms with Crippen molar-refractivity contribution in [3.05, 3.63) is 47.3 Å². The van der Waals surface area contributed by atoms with Crippen LogP contribution in [0.4, 0.5) is 0 Å². The third kappa shape index (κ3) is 9.15. The standard InChI is InChI=1S/C32H49N7O6S/c1-9-25-17-38(46(44,45)29-21(6)37-39(20(4)5)23(29)8)18-28(40)33-22(7)30(41)35-26(15-19(2)3)32(43)36-27(31(42)34-25)16-24-13-11-10-12-14-24/h10-14,19-20,22,25-27H,9,15-18H2,1-8H3,(H,33,40)(H,34,42)(H,35,41)(H,36,43)/t22-,25+,26+,27+/m1/s1. The van der Waals surface area contributed by atoms with Gasteiger partial charge < -0.3 is 21.3 Å². The van der Waals surface area contributed by atoms with Gasteiger partial charge in [0.1, 0.15) is 23.0 Å². The van der Waals surface area contributed by atoms with Crippen LogP contribution in [0.2, 0.25) is 0 Å². The van der Waals surface area contributed by atoms with Gasteiger partial charge in [-0.2, -0.15) is 9.40 Å². The second-order valence-corrected chi connectivity index (χ2v) is 14.6. The lowest BCUT2D eigenvalue weighted by Crippen LogP contribution is -2.57. The molecule has 4 amide bonds. The summed E-state index contributed by atoms with van der Waals surface area (Å²) in [5.74, 6) is -2.33. The first-order valence-electron chi connectivity index (χ1n) is 15.8. The highest BCUT2D eigenvalue weighted by Crippen LogP contribution is 2.26. The van der Waals surface area contributed by atoms with Gasteiger partial charge in [0.15, 0.2) is 0 Å². The molecule has 13 nitrogen and oxygen atoms in total. The van der Waals surface area contributed by atoms with Gasteiger partial charge in [0.05, 0.1) is 17.9 Å². The largest absolute Gasteiger partial charge is 0.350 e. The number of aryl methyl sites for hydroxylation is 1. The molecule has 0 spiro atoms. The topological polar surface area (TPSA) is 172 Å². The number of carbonyl (C=O) groups excluding carboxylic acids is 4. The van der Waals surface area contributed by atoms with Gasteiger partial charge in [-0.25, -0.2) is 8.42 Å².